The average Bonchev–Trinajstić information content (AvgIpc) is 2.89. The molecule has 1 saturated heterocycles. The van der Waals surface area contributed by atoms with Gasteiger partial charge in [-0.15, -0.1) is 0 Å². The van der Waals surface area contributed by atoms with Gasteiger partial charge in [0.2, 0.25) is 0 Å². The Balaban J connectivity index is 1.50. The van der Waals surface area contributed by atoms with Gasteiger partial charge < -0.3 is 15.0 Å². The Morgan fingerprint density at radius 1 is 1.12 bits per heavy atom. The minimum atomic E-state index is 0.521. The molecule has 0 aromatic rings. The summed E-state index contributed by atoms with van der Waals surface area (Å²) in [5.74, 6) is 0. The first-order chi connectivity index (χ1) is 8.36. The zero-order chi connectivity index (χ0) is 11.9. The molecule has 2 aliphatic rings. The molecule has 0 radical (unpaired) electrons. The lowest BCUT2D eigenvalue weighted by atomic mass is 10.1. The summed E-state index contributed by atoms with van der Waals surface area (Å²) < 4.78 is 5.93. The van der Waals surface area contributed by atoms with Crippen molar-refractivity contribution in [2.45, 2.75) is 57.1 Å². The molecule has 100 valence electrons. The van der Waals surface area contributed by atoms with Crippen LogP contribution in [0.5, 0.6) is 0 Å². The molecule has 0 unspecified atom stereocenters. The van der Waals surface area contributed by atoms with Gasteiger partial charge in [-0.1, -0.05) is 12.8 Å². The lowest BCUT2D eigenvalue weighted by Crippen LogP contribution is -2.34. The molecule has 0 bridgehead atoms. The summed E-state index contributed by atoms with van der Waals surface area (Å²) in [6.45, 7) is 4.41. The summed E-state index contributed by atoms with van der Waals surface area (Å²) in [6, 6.07) is 0.855. The lowest BCUT2D eigenvalue weighted by Gasteiger charge is -2.25. The number of hydrogen-bond acceptors (Lipinski definition) is 3. The molecule has 3 nitrogen and oxygen atoms in total. The highest BCUT2D eigenvalue weighted by Gasteiger charge is 2.19. The molecule has 1 N–H and O–H groups in total. The molecule has 1 saturated carbocycles. The highest BCUT2D eigenvalue weighted by Crippen LogP contribution is 2.22. The van der Waals surface area contributed by atoms with Crippen LogP contribution in [0.25, 0.3) is 0 Å². The fraction of sp³-hybridized carbons (Fsp3) is 1.00. The Morgan fingerprint density at radius 3 is 2.53 bits per heavy atom. The highest BCUT2D eigenvalue weighted by molar-refractivity contribution is 4.75. The molecule has 3 heteroatoms. The minimum Gasteiger partial charge on any atom is -0.378 e. The molecule has 1 aliphatic heterocycles. The van der Waals surface area contributed by atoms with Crippen LogP contribution in [0.4, 0.5) is 0 Å². The van der Waals surface area contributed by atoms with Crippen molar-refractivity contribution < 1.29 is 4.74 Å². The van der Waals surface area contributed by atoms with E-state index in [4.69, 9.17) is 4.74 Å². The smallest absolute Gasteiger partial charge is 0.0599 e. The van der Waals surface area contributed by atoms with E-state index in [1.54, 1.807) is 0 Å². The maximum atomic E-state index is 5.93. The van der Waals surface area contributed by atoms with Gasteiger partial charge >= 0.3 is 0 Å². The van der Waals surface area contributed by atoms with Crippen LogP contribution in [0.3, 0.4) is 0 Å². The van der Waals surface area contributed by atoms with E-state index in [9.17, 15) is 0 Å². The second kappa shape index (κ2) is 7.34. The van der Waals surface area contributed by atoms with Crippen LogP contribution in [-0.2, 0) is 4.74 Å². The third-order valence-corrected chi connectivity index (χ3v) is 4.24. The Bertz CT molecular complexity index is 198. The van der Waals surface area contributed by atoms with Crippen LogP contribution in [0.15, 0.2) is 0 Å². The van der Waals surface area contributed by atoms with E-state index in [2.05, 4.69) is 17.3 Å². The van der Waals surface area contributed by atoms with Crippen molar-refractivity contribution in [1.82, 2.24) is 10.2 Å². The third kappa shape index (κ3) is 4.57. The summed E-state index contributed by atoms with van der Waals surface area (Å²) in [4.78, 5) is 2.54. The van der Waals surface area contributed by atoms with Gasteiger partial charge in [0.15, 0.2) is 0 Å². The van der Waals surface area contributed by atoms with Crippen LogP contribution < -0.4 is 5.32 Å². The molecule has 2 rings (SSSR count). The number of nitrogens with zero attached hydrogens (tertiary/aromatic N) is 1. The first-order valence-corrected chi connectivity index (χ1v) is 7.39. The largest absolute Gasteiger partial charge is 0.378 e. The number of hydrogen-bond donors (Lipinski definition) is 1. The van der Waals surface area contributed by atoms with Crippen molar-refractivity contribution in [2.75, 3.05) is 33.3 Å². The first-order valence-electron chi connectivity index (χ1n) is 7.39. The highest BCUT2D eigenvalue weighted by atomic mass is 16.5. The van der Waals surface area contributed by atoms with Crippen molar-refractivity contribution in [1.29, 1.82) is 0 Å². The molecule has 0 aromatic heterocycles. The summed E-state index contributed by atoms with van der Waals surface area (Å²) in [5, 5.41) is 3.37. The summed E-state index contributed by atoms with van der Waals surface area (Å²) in [7, 11) is 2.28. The molecule has 0 spiro atoms. The SMILES string of the molecule is CN(CCCOC1CCNCC1)C1CCCC1. The van der Waals surface area contributed by atoms with Crippen molar-refractivity contribution >= 4 is 0 Å². The Hall–Kier alpha value is -0.120. The fourth-order valence-electron chi connectivity index (χ4n) is 3.05. The standard InChI is InChI=1S/C14H28N2O/c1-16(13-5-2-3-6-13)11-4-12-17-14-7-9-15-10-8-14/h13-15H,2-12H2,1H3. The predicted molar refractivity (Wildman–Crippen MR) is 71.3 cm³/mol. The molecule has 0 amide bonds. The van der Waals surface area contributed by atoms with Crippen molar-refractivity contribution in [3.05, 3.63) is 0 Å². The van der Waals surface area contributed by atoms with Gasteiger partial charge in [-0.3, -0.25) is 0 Å². The molecule has 1 heterocycles. The number of rotatable bonds is 6. The zero-order valence-electron chi connectivity index (χ0n) is 11.3. The Morgan fingerprint density at radius 2 is 1.82 bits per heavy atom. The molecule has 1 aliphatic carbocycles. The fourth-order valence-corrected chi connectivity index (χ4v) is 3.05. The minimum absolute atomic E-state index is 0.521. The van der Waals surface area contributed by atoms with Crippen LogP contribution in [0.2, 0.25) is 0 Å². The van der Waals surface area contributed by atoms with Gasteiger partial charge in [0.05, 0.1) is 6.10 Å². The van der Waals surface area contributed by atoms with E-state index in [1.165, 1.54) is 51.5 Å². The molecule has 17 heavy (non-hydrogen) atoms. The van der Waals surface area contributed by atoms with Gasteiger partial charge in [-0.25, -0.2) is 0 Å². The Labute approximate surface area is 106 Å². The van der Waals surface area contributed by atoms with Crippen molar-refractivity contribution in [2.24, 2.45) is 0 Å². The van der Waals surface area contributed by atoms with Gasteiger partial charge in [-0.05, 0) is 52.2 Å². The number of ether oxygens (including phenoxy) is 1. The van der Waals surface area contributed by atoms with Crippen molar-refractivity contribution in [3.63, 3.8) is 0 Å². The van der Waals surface area contributed by atoms with Crippen LogP contribution >= 0.6 is 0 Å². The molecule has 0 atom stereocenters. The summed E-state index contributed by atoms with van der Waals surface area (Å²) >= 11 is 0. The second-order valence-corrected chi connectivity index (χ2v) is 5.59. The maximum Gasteiger partial charge on any atom is 0.0599 e. The lowest BCUT2D eigenvalue weighted by molar-refractivity contribution is 0.0273. The van der Waals surface area contributed by atoms with Gasteiger partial charge in [0.1, 0.15) is 0 Å². The van der Waals surface area contributed by atoms with Crippen molar-refractivity contribution in [3.8, 4) is 0 Å². The van der Waals surface area contributed by atoms with Crippen LogP contribution in [0, 0.1) is 0 Å². The van der Waals surface area contributed by atoms with Gasteiger partial charge in [0, 0.05) is 19.2 Å². The number of piperidine rings is 1. The van der Waals surface area contributed by atoms with E-state index in [-0.39, 0.29) is 0 Å². The molecule has 0 aromatic carbocycles. The van der Waals surface area contributed by atoms with Gasteiger partial charge in [-0.2, -0.15) is 0 Å². The van der Waals surface area contributed by atoms with Gasteiger partial charge in [0.25, 0.3) is 0 Å². The molecular weight excluding hydrogens is 212 g/mol. The predicted octanol–water partition coefficient (Wildman–Crippen LogP) is 2.02. The molecule has 2 fully saturated rings. The summed E-state index contributed by atoms with van der Waals surface area (Å²) in [6.07, 6.45) is 9.78. The monoisotopic (exact) mass is 240 g/mol. The van der Waals surface area contributed by atoms with E-state index >= 15 is 0 Å². The van der Waals surface area contributed by atoms with E-state index in [0.717, 1.165) is 25.7 Å². The topological polar surface area (TPSA) is 24.5 Å². The molecular formula is C14H28N2O. The van der Waals surface area contributed by atoms with Crippen LogP contribution in [-0.4, -0.2) is 50.3 Å². The average molecular weight is 240 g/mol. The maximum absolute atomic E-state index is 5.93. The normalized spacial score (nSPS) is 23.6. The van der Waals surface area contributed by atoms with E-state index in [1.807, 2.05) is 0 Å². The second-order valence-electron chi connectivity index (χ2n) is 5.59. The number of nitrogens with one attached hydrogen (secondary N) is 1. The first kappa shape index (κ1) is 13.3. The van der Waals surface area contributed by atoms with Crippen LogP contribution in [0.1, 0.15) is 44.9 Å². The Kier molecular flexibility index (Phi) is 5.75. The van der Waals surface area contributed by atoms with E-state index < -0.39 is 0 Å². The summed E-state index contributed by atoms with van der Waals surface area (Å²) in [5.41, 5.74) is 0. The quantitative estimate of drug-likeness (QED) is 0.719. The van der Waals surface area contributed by atoms with E-state index in [0.29, 0.717) is 6.10 Å². The third-order valence-electron chi connectivity index (χ3n) is 4.24. The zero-order valence-corrected chi connectivity index (χ0v) is 11.3.